The van der Waals surface area contributed by atoms with Crippen LogP contribution in [0.5, 0.6) is 0 Å². The monoisotopic (exact) mass is 662 g/mol. The van der Waals surface area contributed by atoms with Gasteiger partial charge in [0, 0.05) is 61.8 Å². The molecule has 2 aromatic heterocycles. The molecule has 4 aromatic rings. The van der Waals surface area contributed by atoms with E-state index in [1.54, 1.807) is 18.2 Å². The molecule has 2 saturated heterocycles. The summed E-state index contributed by atoms with van der Waals surface area (Å²) in [4.78, 5) is 26.3. The number of anilines is 1. The largest absolute Gasteiger partial charge is 0.392 e. The molecular weight excluding hydrogens is 619 g/mol. The molecule has 0 unspecified atom stereocenters. The van der Waals surface area contributed by atoms with Crippen LogP contribution in [0.2, 0.25) is 0 Å². The fourth-order valence-corrected chi connectivity index (χ4v) is 8.42. The Balaban J connectivity index is 0.874. The Kier molecular flexibility index (Phi) is 8.88. The number of ether oxygens (including phenoxy) is 1. The molecule has 2 aliphatic carbocycles. The van der Waals surface area contributed by atoms with Gasteiger partial charge >= 0.3 is 0 Å². The number of nitrogens with one attached hydrogen (secondary N) is 1. The molecule has 10 heteroatoms. The van der Waals surface area contributed by atoms with Crippen LogP contribution in [0.4, 0.5) is 10.2 Å². The van der Waals surface area contributed by atoms with E-state index >= 15 is 0 Å². The second-order valence-electron chi connectivity index (χ2n) is 14.1. The van der Waals surface area contributed by atoms with Crippen LogP contribution in [0.15, 0.2) is 73.1 Å². The Morgan fingerprint density at radius 2 is 1.82 bits per heavy atom. The number of carbonyl (C=O) groups is 1. The van der Waals surface area contributed by atoms with Crippen molar-refractivity contribution in [3.63, 3.8) is 0 Å². The maximum atomic E-state index is 14.3. The Hall–Kier alpha value is -4.22. The number of nitrogens with two attached hydrogens (primary N) is 1. The molecule has 4 N–H and O–H groups in total. The first-order valence-electron chi connectivity index (χ1n) is 17.6. The van der Waals surface area contributed by atoms with Crippen molar-refractivity contribution in [1.82, 2.24) is 25.1 Å². The smallest absolute Gasteiger partial charge is 0.255 e. The summed E-state index contributed by atoms with van der Waals surface area (Å²) in [6.07, 6.45) is 8.30. The maximum absolute atomic E-state index is 14.3. The highest BCUT2D eigenvalue weighted by Crippen LogP contribution is 2.40. The van der Waals surface area contributed by atoms with Gasteiger partial charge in [0.15, 0.2) is 0 Å². The number of nitrogens with zero attached hydrogens (tertiary/aromatic N) is 4. The molecule has 49 heavy (non-hydrogen) atoms. The number of piperazine rings is 1. The average Bonchev–Trinajstić information content (AvgIpc) is 3.85. The zero-order valence-corrected chi connectivity index (χ0v) is 27.6. The zero-order chi connectivity index (χ0) is 33.5. The molecule has 5 atom stereocenters. The second-order valence-corrected chi connectivity index (χ2v) is 14.1. The van der Waals surface area contributed by atoms with Gasteiger partial charge in [-0.15, -0.1) is 0 Å². The summed E-state index contributed by atoms with van der Waals surface area (Å²) in [5.41, 5.74) is 13.4. The minimum absolute atomic E-state index is 0.0909. The van der Waals surface area contributed by atoms with Gasteiger partial charge in [-0.2, -0.15) is 4.39 Å². The highest BCUT2D eigenvalue weighted by molar-refractivity contribution is 5.99. The minimum Gasteiger partial charge on any atom is -0.392 e. The topological polar surface area (TPSA) is 117 Å². The Morgan fingerprint density at radius 3 is 2.67 bits per heavy atom. The van der Waals surface area contributed by atoms with Crippen LogP contribution in [0, 0.1) is 5.95 Å². The van der Waals surface area contributed by atoms with E-state index in [-0.39, 0.29) is 41.1 Å². The number of amides is 1. The lowest BCUT2D eigenvalue weighted by Gasteiger charge is -2.40. The quantitative estimate of drug-likeness (QED) is 0.222. The molecular formula is C39H43FN6O3. The summed E-state index contributed by atoms with van der Waals surface area (Å²) in [6, 6.07) is 21.1. The second kappa shape index (κ2) is 13.6. The van der Waals surface area contributed by atoms with Crippen molar-refractivity contribution >= 4 is 11.7 Å². The van der Waals surface area contributed by atoms with Crippen molar-refractivity contribution < 1.29 is 19.0 Å². The van der Waals surface area contributed by atoms with Crippen LogP contribution in [0.3, 0.4) is 0 Å². The number of aliphatic hydroxyl groups is 1. The van der Waals surface area contributed by atoms with E-state index in [0.29, 0.717) is 24.3 Å². The van der Waals surface area contributed by atoms with Crippen LogP contribution in [0.25, 0.3) is 22.3 Å². The molecule has 3 fully saturated rings. The Labute approximate surface area is 286 Å². The van der Waals surface area contributed by atoms with Gasteiger partial charge in [-0.1, -0.05) is 42.5 Å². The standard InChI is InChI=1S/C39H43FN6O3/c40-37-32(3-2-14-42-37)28-18-33(38(41)43-20-28)39(48)44-34-4-1-5-36(34)49-23-24-6-8-25(9-7-24)26-10-12-31-27(17-26)11-13-35(31)46-16-15-45-22-30(47)19-29(45)21-46/h2-3,6-10,12,14,17-18,20,29-30,34-36,47H,1,4-5,11,13,15-16,19,21-23H2,(H2,41,43)(H,44,48)/t29-,30+,34-,35-,36-/m0/s1. The molecule has 1 amide bonds. The summed E-state index contributed by atoms with van der Waals surface area (Å²) in [6.45, 7) is 4.46. The summed E-state index contributed by atoms with van der Waals surface area (Å²) in [7, 11) is 0. The zero-order valence-electron chi connectivity index (χ0n) is 27.6. The average molecular weight is 663 g/mol. The van der Waals surface area contributed by atoms with E-state index in [9.17, 15) is 14.3 Å². The van der Waals surface area contributed by atoms with Gasteiger partial charge in [-0.25, -0.2) is 9.97 Å². The van der Waals surface area contributed by atoms with Crippen molar-refractivity contribution in [1.29, 1.82) is 0 Å². The van der Waals surface area contributed by atoms with Crippen LogP contribution in [-0.2, 0) is 17.8 Å². The van der Waals surface area contributed by atoms with E-state index in [1.165, 1.54) is 34.6 Å². The molecule has 2 aromatic carbocycles. The summed E-state index contributed by atoms with van der Waals surface area (Å²) >= 11 is 0. The minimum atomic E-state index is -0.630. The number of aromatic nitrogens is 2. The number of carbonyl (C=O) groups excluding carboxylic acids is 1. The lowest BCUT2D eigenvalue weighted by molar-refractivity contribution is 0.0272. The predicted octanol–water partition coefficient (Wildman–Crippen LogP) is 5.14. The molecule has 4 heterocycles. The van der Waals surface area contributed by atoms with E-state index in [1.807, 2.05) is 0 Å². The van der Waals surface area contributed by atoms with E-state index in [0.717, 1.165) is 70.3 Å². The Morgan fingerprint density at radius 1 is 0.980 bits per heavy atom. The molecule has 8 rings (SSSR count). The lowest BCUT2D eigenvalue weighted by Crippen LogP contribution is -2.50. The predicted molar refractivity (Wildman–Crippen MR) is 186 cm³/mol. The van der Waals surface area contributed by atoms with E-state index in [2.05, 4.69) is 67.5 Å². The number of rotatable bonds is 8. The number of hydrogen-bond acceptors (Lipinski definition) is 8. The SMILES string of the molecule is Nc1ncc(-c2cccnc2F)cc1C(=O)N[C@H]1CCC[C@@H]1OCc1ccc(-c2ccc3c(c2)CC[C@@H]3N2CCN3C[C@H](O)C[C@H]3C2)cc1. The third-order valence-corrected chi connectivity index (χ3v) is 11.0. The number of aryl methyl sites for hydroxylation is 1. The molecule has 2 aliphatic heterocycles. The molecule has 254 valence electrons. The summed E-state index contributed by atoms with van der Waals surface area (Å²) < 4.78 is 20.6. The lowest BCUT2D eigenvalue weighted by atomic mass is 9.98. The molecule has 0 bridgehead atoms. The van der Waals surface area contributed by atoms with Crippen LogP contribution >= 0.6 is 0 Å². The fourth-order valence-electron chi connectivity index (χ4n) is 8.42. The molecule has 4 aliphatic rings. The third-order valence-electron chi connectivity index (χ3n) is 11.0. The highest BCUT2D eigenvalue weighted by atomic mass is 19.1. The molecule has 9 nitrogen and oxygen atoms in total. The van der Waals surface area contributed by atoms with Crippen LogP contribution in [0.1, 0.15) is 65.2 Å². The molecule has 0 radical (unpaired) electrons. The van der Waals surface area contributed by atoms with Gasteiger partial charge in [0.25, 0.3) is 5.91 Å². The van der Waals surface area contributed by atoms with Crippen molar-refractivity contribution in [3.8, 4) is 22.3 Å². The van der Waals surface area contributed by atoms with Crippen molar-refractivity contribution in [2.45, 2.75) is 75.5 Å². The number of pyridine rings is 2. The van der Waals surface area contributed by atoms with Crippen molar-refractivity contribution in [2.75, 3.05) is 31.9 Å². The van der Waals surface area contributed by atoms with Crippen LogP contribution < -0.4 is 11.1 Å². The van der Waals surface area contributed by atoms with Crippen LogP contribution in [-0.4, -0.2) is 81.3 Å². The summed E-state index contributed by atoms with van der Waals surface area (Å²) in [5.74, 6) is -0.888. The number of benzene rings is 2. The van der Waals surface area contributed by atoms with Crippen molar-refractivity contribution in [2.24, 2.45) is 0 Å². The van der Waals surface area contributed by atoms with Gasteiger partial charge in [-0.05, 0) is 84.5 Å². The maximum Gasteiger partial charge on any atom is 0.255 e. The van der Waals surface area contributed by atoms with Gasteiger partial charge < -0.3 is 20.9 Å². The first-order chi connectivity index (χ1) is 23.9. The first-order valence-corrected chi connectivity index (χ1v) is 17.6. The van der Waals surface area contributed by atoms with Crippen molar-refractivity contribution in [3.05, 3.63) is 101 Å². The van der Waals surface area contributed by atoms with Gasteiger partial charge in [0.2, 0.25) is 5.95 Å². The Bertz CT molecular complexity index is 1840. The number of nitrogen functional groups attached to an aromatic ring is 1. The van der Waals surface area contributed by atoms with E-state index < -0.39 is 5.95 Å². The highest BCUT2D eigenvalue weighted by Gasteiger charge is 2.39. The summed E-state index contributed by atoms with van der Waals surface area (Å²) in [5, 5.41) is 13.2. The number of aliphatic hydroxyl groups excluding tert-OH is 1. The number of halogens is 1. The molecule has 0 spiro atoms. The van der Waals surface area contributed by atoms with E-state index in [4.69, 9.17) is 10.5 Å². The molecule has 1 saturated carbocycles. The van der Waals surface area contributed by atoms with Gasteiger partial charge in [0.1, 0.15) is 5.82 Å². The van der Waals surface area contributed by atoms with Gasteiger partial charge in [0.05, 0.1) is 30.4 Å². The normalized spacial score (nSPS) is 25.3. The number of hydrogen-bond donors (Lipinski definition) is 3. The van der Waals surface area contributed by atoms with Gasteiger partial charge in [-0.3, -0.25) is 14.6 Å². The third kappa shape index (κ3) is 6.58. The number of fused-ring (bicyclic) bond motifs is 2. The first kappa shape index (κ1) is 32.0. The fraction of sp³-hybridized carbons (Fsp3) is 0.410.